The normalized spacial score (nSPS) is 11.0. The van der Waals surface area contributed by atoms with Crippen LogP contribution in [0.5, 0.6) is 5.88 Å². The van der Waals surface area contributed by atoms with Crippen molar-refractivity contribution < 1.29 is 5.11 Å². The van der Waals surface area contributed by atoms with Crippen molar-refractivity contribution in [1.29, 1.82) is 0 Å². The predicted molar refractivity (Wildman–Crippen MR) is 82.6 cm³/mol. The van der Waals surface area contributed by atoms with Crippen molar-refractivity contribution in [3.8, 4) is 17.0 Å². The Morgan fingerprint density at radius 1 is 1.24 bits per heavy atom. The van der Waals surface area contributed by atoms with Gasteiger partial charge in [0.15, 0.2) is 0 Å². The van der Waals surface area contributed by atoms with Gasteiger partial charge in [-0.3, -0.25) is 14.3 Å². The molecule has 0 aliphatic rings. The van der Waals surface area contributed by atoms with E-state index in [1.54, 1.807) is 12.1 Å². The van der Waals surface area contributed by atoms with Crippen molar-refractivity contribution in [2.45, 2.75) is 33.7 Å². The highest BCUT2D eigenvalue weighted by Crippen LogP contribution is 2.27. The van der Waals surface area contributed by atoms with E-state index in [1.165, 1.54) is 4.57 Å². The molecular formula is C16H20N2O3. The minimum atomic E-state index is -0.574. The van der Waals surface area contributed by atoms with Crippen LogP contribution in [0.25, 0.3) is 11.1 Å². The Morgan fingerprint density at radius 2 is 1.90 bits per heavy atom. The number of nitrogens with zero attached hydrogens (tertiary/aromatic N) is 1. The Balaban J connectivity index is 2.63. The summed E-state index contributed by atoms with van der Waals surface area (Å²) in [6, 6.07) is 7.28. The highest BCUT2D eigenvalue weighted by Gasteiger charge is 2.17. The second-order valence-electron chi connectivity index (χ2n) is 5.61. The smallest absolute Gasteiger partial charge is 0.331 e. The van der Waals surface area contributed by atoms with Gasteiger partial charge in [0.2, 0.25) is 5.88 Å². The minimum Gasteiger partial charge on any atom is -0.494 e. The molecule has 0 fully saturated rings. The van der Waals surface area contributed by atoms with Gasteiger partial charge in [0, 0.05) is 6.54 Å². The van der Waals surface area contributed by atoms with Crippen LogP contribution in [0.2, 0.25) is 0 Å². The van der Waals surface area contributed by atoms with Crippen LogP contribution in [0, 0.1) is 12.8 Å². The molecular weight excluding hydrogens is 268 g/mol. The molecule has 1 aromatic heterocycles. The fourth-order valence-electron chi connectivity index (χ4n) is 2.25. The average Bonchev–Trinajstić information content (AvgIpc) is 2.40. The zero-order chi connectivity index (χ0) is 15.6. The van der Waals surface area contributed by atoms with Crippen LogP contribution in [0.15, 0.2) is 33.9 Å². The van der Waals surface area contributed by atoms with Gasteiger partial charge in [-0.05, 0) is 30.4 Å². The molecule has 1 aromatic carbocycles. The van der Waals surface area contributed by atoms with Gasteiger partial charge < -0.3 is 5.11 Å². The second-order valence-corrected chi connectivity index (χ2v) is 5.61. The fourth-order valence-corrected chi connectivity index (χ4v) is 2.25. The van der Waals surface area contributed by atoms with E-state index in [2.05, 4.69) is 4.98 Å². The van der Waals surface area contributed by atoms with Crippen LogP contribution < -0.4 is 11.2 Å². The highest BCUT2D eigenvalue weighted by atomic mass is 16.3. The van der Waals surface area contributed by atoms with E-state index in [4.69, 9.17) is 0 Å². The molecule has 0 aliphatic heterocycles. The van der Waals surface area contributed by atoms with E-state index in [-0.39, 0.29) is 11.4 Å². The maximum atomic E-state index is 12.1. The first-order valence-corrected chi connectivity index (χ1v) is 7.04. The third-order valence-corrected chi connectivity index (χ3v) is 3.52. The van der Waals surface area contributed by atoms with Gasteiger partial charge >= 0.3 is 5.69 Å². The Bertz CT molecular complexity index is 757. The van der Waals surface area contributed by atoms with Gasteiger partial charge in [-0.2, -0.15) is 0 Å². The van der Waals surface area contributed by atoms with E-state index in [0.29, 0.717) is 18.0 Å². The van der Waals surface area contributed by atoms with Crippen LogP contribution in [-0.2, 0) is 6.54 Å². The largest absolute Gasteiger partial charge is 0.494 e. The van der Waals surface area contributed by atoms with E-state index >= 15 is 0 Å². The Labute approximate surface area is 122 Å². The lowest BCUT2D eigenvalue weighted by atomic mass is 10.0. The standard InChI is InChI=1S/C16H20N2O3/c1-10(2)8-9-18-15(20)13(14(19)17-16(18)21)12-7-5-4-6-11(12)3/h4-7,10,20H,8-9H2,1-3H3,(H,17,19,21). The van der Waals surface area contributed by atoms with Crippen molar-refractivity contribution in [3.05, 3.63) is 50.7 Å². The number of hydrogen-bond donors (Lipinski definition) is 2. The zero-order valence-corrected chi connectivity index (χ0v) is 12.5. The third-order valence-electron chi connectivity index (χ3n) is 3.52. The molecule has 5 heteroatoms. The summed E-state index contributed by atoms with van der Waals surface area (Å²) in [7, 11) is 0. The van der Waals surface area contributed by atoms with Gasteiger partial charge in [0.25, 0.3) is 5.56 Å². The molecule has 0 unspecified atom stereocenters. The SMILES string of the molecule is Cc1ccccc1-c1c(O)n(CCC(C)C)c(=O)[nH]c1=O. The number of aromatic hydroxyl groups is 1. The monoisotopic (exact) mass is 288 g/mol. The number of aromatic nitrogens is 2. The van der Waals surface area contributed by atoms with E-state index in [1.807, 2.05) is 32.9 Å². The number of rotatable bonds is 4. The van der Waals surface area contributed by atoms with Crippen molar-refractivity contribution >= 4 is 0 Å². The summed E-state index contributed by atoms with van der Waals surface area (Å²) in [5.74, 6) is 0.129. The van der Waals surface area contributed by atoms with Gasteiger partial charge in [-0.1, -0.05) is 38.1 Å². The lowest BCUT2D eigenvalue weighted by Crippen LogP contribution is -2.31. The minimum absolute atomic E-state index is 0.149. The topological polar surface area (TPSA) is 75.1 Å². The molecule has 21 heavy (non-hydrogen) atoms. The first kappa shape index (κ1) is 15.1. The maximum absolute atomic E-state index is 12.1. The molecule has 2 N–H and O–H groups in total. The van der Waals surface area contributed by atoms with Crippen molar-refractivity contribution in [2.75, 3.05) is 0 Å². The first-order valence-electron chi connectivity index (χ1n) is 7.04. The van der Waals surface area contributed by atoms with Crippen molar-refractivity contribution in [3.63, 3.8) is 0 Å². The van der Waals surface area contributed by atoms with Crippen LogP contribution in [0.3, 0.4) is 0 Å². The molecule has 0 atom stereocenters. The number of nitrogens with one attached hydrogen (secondary N) is 1. The Hall–Kier alpha value is -2.30. The quantitative estimate of drug-likeness (QED) is 0.906. The van der Waals surface area contributed by atoms with E-state index in [0.717, 1.165) is 12.0 Å². The summed E-state index contributed by atoms with van der Waals surface area (Å²) in [5.41, 5.74) is 0.515. The molecule has 5 nitrogen and oxygen atoms in total. The lowest BCUT2D eigenvalue weighted by Gasteiger charge is -2.13. The third kappa shape index (κ3) is 3.07. The summed E-state index contributed by atoms with van der Waals surface area (Å²) >= 11 is 0. The molecule has 0 spiro atoms. The molecule has 0 saturated heterocycles. The van der Waals surface area contributed by atoms with E-state index in [9.17, 15) is 14.7 Å². The van der Waals surface area contributed by atoms with Crippen molar-refractivity contribution in [1.82, 2.24) is 9.55 Å². The van der Waals surface area contributed by atoms with Gasteiger partial charge in [0.05, 0.1) is 0 Å². The van der Waals surface area contributed by atoms with Crippen LogP contribution in [-0.4, -0.2) is 14.7 Å². The Morgan fingerprint density at radius 3 is 2.52 bits per heavy atom. The van der Waals surface area contributed by atoms with Crippen molar-refractivity contribution in [2.24, 2.45) is 5.92 Å². The number of aryl methyl sites for hydroxylation is 1. The number of H-pyrrole nitrogens is 1. The predicted octanol–water partition coefficient (Wildman–Crippen LogP) is 2.26. The molecule has 0 amide bonds. The molecule has 112 valence electrons. The Kier molecular flexibility index (Phi) is 4.31. The molecule has 2 aromatic rings. The highest BCUT2D eigenvalue weighted by molar-refractivity contribution is 5.70. The molecule has 0 aliphatic carbocycles. The number of aromatic amines is 1. The second kappa shape index (κ2) is 5.99. The van der Waals surface area contributed by atoms with E-state index < -0.39 is 11.2 Å². The summed E-state index contributed by atoms with van der Waals surface area (Å²) in [6.45, 7) is 6.31. The average molecular weight is 288 g/mol. The molecule has 1 heterocycles. The molecule has 0 bridgehead atoms. The summed E-state index contributed by atoms with van der Waals surface area (Å²) in [5, 5.41) is 10.4. The summed E-state index contributed by atoms with van der Waals surface area (Å²) in [4.78, 5) is 26.3. The van der Waals surface area contributed by atoms with Crippen LogP contribution in [0.4, 0.5) is 0 Å². The summed E-state index contributed by atoms with van der Waals surface area (Å²) < 4.78 is 1.23. The lowest BCUT2D eigenvalue weighted by molar-refractivity contribution is 0.386. The number of hydrogen-bond acceptors (Lipinski definition) is 3. The van der Waals surface area contributed by atoms with Crippen LogP contribution in [0.1, 0.15) is 25.8 Å². The first-order chi connectivity index (χ1) is 9.91. The molecule has 0 saturated carbocycles. The fraction of sp³-hybridized carbons (Fsp3) is 0.375. The maximum Gasteiger partial charge on any atom is 0.331 e. The van der Waals surface area contributed by atoms with Gasteiger partial charge in [-0.15, -0.1) is 0 Å². The van der Waals surface area contributed by atoms with Crippen LogP contribution >= 0.6 is 0 Å². The number of benzene rings is 1. The van der Waals surface area contributed by atoms with Gasteiger partial charge in [-0.25, -0.2) is 4.79 Å². The zero-order valence-electron chi connectivity index (χ0n) is 12.5. The summed E-state index contributed by atoms with van der Waals surface area (Å²) in [6.07, 6.45) is 0.743. The molecule has 2 rings (SSSR count). The van der Waals surface area contributed by atoms with Gasteiger partial charge in [0.1, 0.15) is 5.56 Å². The molecule has 0 radical (unpaired) electrons.